The molecule has 26 heavy (non-hydrogen) atoms. The fourth-order valence-electron chi connectivity index (χ4n) is 3.29. The van der Waals surface area contributed by atoms with E-state index >= 15 is 0 Å². The van der Waals surface area contributed by atoms with E-state index < -0.39 is 6.04 Å². The second kappa shape index (κ2) is 6.52. The van der Waals surface area contributed by atoms with Gasteiger partial charge >= 0.3 is 0 Å². The van der Waals surface area contributed by atoms with Gasteiger partial charge in [0, 0.05) is 11.1 Å². The average Bonchev–Trinajstić information content (AvgIpc) is 2.95. The van der Waals surface area contributed by atoms with Crippen molar-refractivity contribution >= 4 is 34.0 Å². The van der Waals surface area contributed by atoms with Gasteiger partial charge in [-0.3, -0.25) is 9.59 Å². The summed E-state index contributed by atoms with van der Waals surface area (Å²) >= 11 is 0. The predicted molar refractivity (Wildman–Crippen MR) is 101 cm³/mol. The van der Waals surface area contributed by atoms with Gasteiger partial charge in [-0.2, -0.15) is 0 Å². The molecule has 3 aromatic carbocycles. The third kappa shape index (κ3) is 2.77. The number of ether oxygens (including phenoxy) is 1. The van der Waals surface area contributed by atoms with E-state index in [1.54, 1.807) is 7.11 Å². The molecule has 0 aromatic heterocycles. The molecule has 0 spiro atoms. The summed E-state index contributed by atoms with van der Waals surface area (Å²) < 4.78 is 5.14. The highest BCUT2D eigenvalue weighted by Gasteiger charge is 2.40. The van der Waals surface area contributed by atoms with E-state index in [1.165, 1.54) is 4.90 Å². The van der Waals surface area contributed by atoms with Crippen LogP contribution in [0.4, 0.5) is 11.4 Å². The molecule has 4 rings (SSSR count). The monoisotopic (exact) mass is 346 g/mol. The van der Waals surface area contributed by atoms with E-state index in [1.807, 2.05) is 66.7 Å². The van der Waals surface area contributed by atoms with Crippen molar-refractivity contribution in [1.82, 2.24) is 0 Å². The van der Waals surface area contributed by atoms with E-state index in [4.69, 9.17) is 4.74 Å². The number of nitrogens with zero attached hydrogens (tertiary/aromatic N) is 1. The molecule has 3 aromatic rings. The first-order valence-electron chi connectivity index (χ1n) is 8.42. The number of imide groups is 1. The fraction of sp³-hybridized carbons (Fsp3) is 0.143. The Hall–Kier alpha value is -3.34. The molecule has 1 fully saturated rings. The molecule has 5 heteroatoms. The molecule has 0 radical (unpaired) electrons. The fourth-order valence-corrected chi connectivity index (χ4v) is 3.29. The number of hydrogen-bond acceptors (Lipinski definition) is 4. The molecule has 0 bridgehead atoms. The van der Waals surface area contributed by atoms with Crippen molar-refractivity contribution in [2.75, 3.05) is 17.3 Å². The van der Waals surface area contributed by atoms with E-state index in [-0.39, 0.29) is 18.2 Å². The van der Waals surface area contributed by atoms with Gasteiger partial charge in [-0.15, -0.1) is 0 Å². The van der Waals surface area contributed by atoms with E-state index in [0.29, 0.717) is 5.69 Å². The van der Waals surface area contributed by atoms with Gasteiger partial charge in [0.05, 0.1) is 19.2 Å². The van der Waals surface area contributed by atoms with Crippen LogP contribution in [0.5, 0.6) is 5.75 Å². The van der Waals surface area contributed by atoms with Crippen LogP contribution < -0.4 is 15.0 Å². The summed E-state index contributed by atoms with van der Waals surface area (Å²) in [7, 11) is 1.60. The molecule has 130 valence electrons. The highest BCUT2D eigenvalue weighted by molar-refractivity contribution is 6.25. The highest BCUT2D eigenvalue weighted by atomic mass is 16.5. The van der Waals surface area contributed by atoms with Crippen molar-refractivity contribution in [2.45, 2.75) is 12.5 Å². The predicted octanol–water partition coefficient (Wildman–Crippen LogP) is 3.59. The van der Waals surface area contributed by atoms with Gasteiger partial charge in [0.15, 0.2) is 0 Å². The van der Waals surface area contributed by atoms with Gasteiger partial charge in [-0.25, -0.2) is 4.90 Å². The molecule has 1 heterocycles. The normalized spacial score (nSPS) is 17.0. The number of anilines is 2. The first kappa shape index (κ1) is 16.1. The van der Waals surface area contributed by atoms with Crippen LogP contribution >= 0.6 is 0 Å². The Kier molecular flexibility index (Phi) is 4.05. The minimum absolute atomic E-state index is 0.133. The molecular formula is C21H18N2O3. The van der Waals surface area contributed by atoms with Crippen molar-refractivity contribution in [3.63, 3.8) is 0 Å². The van der Waals surface area contributed by atoms with E-state index in [9.17, 15) is 9.59 Å². The van der Waals surface area contributed by atoms with Crippen LogP contribution in [0.1, 0.15) is 6.42 Å². The minimum Gasteiger partial charge on any atom is -0.497 e. The number of methoxy groups -OCH3 is 1. The van der Waals surface area contributed by atoms with Gasteiger partial charge in [0.1, 0.15) is 11.8 Å². The maximum absolute atomic E-state index is 12.9. The van der Waals surface area contributed by atoms with Gasteiger partial charge in [-0.1, -0.05) is 36.4 Å². The summed E-state index contributed by atoms with van der Waals surface area (Å²) in [6.07, 6.45) is 0.133. The van der Waals surface area contributed by atoms with Crippen LogP contribution in [0, 0.1) is 0 Å². The molecule has 1 N–H and O–H groups in total. The molecule has 5 nitrogen and oxygen atoms in total. The lowest BCUT2D eigenvalue weighted by molar-refractivity contribution is -0.121. The van der Waals surface area contributed by atoms with Crippen LogP contribution in [-0.2, 0) is 9.59 Å². The second-order valence-electron chi connectivity index (χ2n) is 6.20. The molecule has 0 unspecified atom stereocenters. The zero-order valence-corrected chi connectivity index (χ0v) is 14.3. The van der Waals surface area contributed by atoms with Crippen molar-refractivity contribution in [3.8, 4) is 5.75 Å². The lowest BCUT2D eigenvalue weighted by Crippen LogP contribution is -2.34. The Balaban J connectivity index is 1.62. The first-order chi connectivity index (χ1) is 12.7. The van der Waals surface area contributed by atoms with Gasteiger partial charge < -0.3 is 10.1 Å². The Morgan fingerprint density at radius 2 is 1.69 bits per heavy atom. The minimum atomic E-state index is -0.574. The maximum Gasteiger partial charge on any atom is 0.256 e. The van der Waals surface area contributed by atoms with Crippen molar-refractivity contribution < 1.29 is 14.3 Å². The number of benzene rings is 3. The van der Waals surface area contributed by atoms with Crippen LogP contribution in [-0.4, -0.2) is 25.0 Å². The second-order valence-corrected chi connectivity index (χ2v) is 6.20. The number of amides is 2. The third-order valence-electron chi connectivity index (χ3n) is 4.59. The summed E-state index contributed by atoms with van der Waals surface area (Å²) in [6.45, 7) is 0. The number of rotatable bonds is 4. The smallest absolute Gasteiger partial charge is 0.256 e. The van der Waals surface area contributed by atoms with Crippen LogP contribution in [0.3, 0.4) is 0 Å². The van der Waals surface area contributed by atoms with Crippen LogP contribution in [0.25, 0.3) is 10.8 Å². The number of fused-ring (bicyclic) bond motifs is 1. The number of carbonyl (C=O) groups excluding carboxylic acids is 2. The summed E-state index contributed by atoms with van der Waals surface area (Å²) in [6, 6.07) is 20.1. The van der Waals surface area contributed by atoms with Gasteiger partial charge in [0.2, 0.25) is 5.91 Å². The summed E-state index contributed by atoms with van der Waals surface area (Å²) in [5, 5.41) is 5.04. The largest absolute Gasteiger partial charge is 0.497 e. The zero-order chi connectivity index (χ0) is 18.1. The van der Waals surface area contributed by atoms with Crippen molar-refractivity contribution in [1.29, 1.82) is 0 Å². The SMILES string of the molecule is COc1ccc(N[C@H]2CC(=O)N(c3cccc4ccccc34)C2=O)cc1. The molecule has 1 atom stereocenters. The molecule has 1 saturated heterocycles. The number of hydrogen-bond donors (Lipinski definition) is 1. The molecular weight excluding hydrogens is 328 g/mol. The quantitative estimate of drug-likeness (QED) is 0.734. The highest BCUT2D eigenvalue weighted by Crippen LogP contribution is 2.31. The van der Waals surface area contributed by atoms with Crippen LogP contribution in [0.2, 0.25) is 0 Å². The molecule has 1 aliphatic heterocycles. The van der Waals surface area contributed by atoms with Crippen LogP contribution in [0.15, 0.2) is 66.7 Å². The Bertz CT molecular complexity index is 977. The lowest BCUT2D eigenvalue weighted by atomic mass is 10.1. The lowest BCUT2D eigenvalue weighted by Gasteiger charge is -2.18. The number of nitrogens with one attached hydrogen (secondary N) is 1. The maximum atomic E-state index is 12.9. The third-order valence-corrected chi connectivity index (χ3v) is 4.59. The Morgan fingerprint density at radius 3 is 2.46 bits per heavy atom. The summed E-state index contributed by atoms with van der Waals surface area (Å²) in [5.74, 6) is 0.307. The van der Waals surface area contributed by atoms with E-state index in [0.717, 1.165) is 22.2 Å². The van der Waals surface area contributed by atoms with Crippen molar-refractivity contribution in [2.24, 2.45) is 0 Å². The summed E-state index contributed by atoms with van der Waals surface area (Å²) in [4.78, 5) is 26.8. The van der Waals surface area contributed by atoms with Crippen molar-refractivity contribution in [3.05, 3.63) is 66.7 Å². The molecule has 2 amide bonds. The average molecular weight is 346 g/mol. The Labute approximate surface area is 151 Å². The first-order valence-corrected chi connectivity index (χ1v) is 8.42. The number of carbonyl (C=O) groups is 2. The molecule has 0 saturated carbocycles. The zero-order valence-electron chi connectivity index (χ0n) is 14.3. The van der Waals surface area contributed by atoms with Gasteiger partial charge in [-0.05, 0) is 35.7 Å². The van der Waals surface area contributed by atoms with E-state index in [2.05, 4.69) is 5.32 Å². The summed E-state index contributed by atoms with van der Waals surface area (Å²) in [5.41, 5.74) is 1.41. The van der Waals surface area contributed by atoms with Gasteiger partial charge in [0.25, 0.3) is 5.91 Å². The standard InChI is InChI=1S/C21H18N2O3/c1-26-16-11-9-15(10-12-16)22-18-13-20(24)23(21(18)25)19-8-4-6-14-5-2-3-7-17(14)19/h2-12,18,22H,13H2,1H3/t18-/m0/s1. The molecule has 0 aliphatic carbocycles. The molecule has 1 aliphatic rings. The topological polar surface area (TPSA) is 58.6 Å². The Morgan fingerprint density at radius 1 is 0.962 bits per heavy atom.